The van der Waals surface area contributed by atoms with Gasteiger partial charge >= 0.3 is 0 Å². The minimum Gasteiger partial charge on any atom is -0.383 e. The number of benzene rings is 1. The van der Waals surface area contributed by atoms with E-state index in [1.165, 1.54) is 0 Å². The minimum atomic E-state index is -0.807. The number of fused-ring (bicyclic) bond motifs is 1. The molecule has 1 aromatic heterocycles. The maximum atomic E-state index is 11.3. The smallest absolute Gasteiger partial charge is 0.111 e. The van der Waals surface area contributed by atoms with Crippen molar-refractivity contribution >= 4 is 23.2 Å². The van der Waals surface area contributed by atoms with Crippen molar-refractivity contribution in [3.63, 3.8) is 0 Å². The first-order valence-corrected chi connectivity index (χ1v) is 9.12. The third-order valence-corrected chi connectivity index (χ3v) is 6.42. The van der Waals surface area contributed by atoms with Gasteiger partial charge in [-0.3, -0.25) is 9.88 Å². The molecule has 1 aromatic carbocycles. The molecule has 1 N–H and O–H groups in total. The minimum absolute atomic E-state index is 0.227. The maximum Gasteiger partial charge on any atom is 0.111 e. The Bertz CT molecular complexity index is 739. The number of nitrogens with zero attached hydrogens (tertiary/aromatic N) is 2. The van der Waals surface area contributed by atoms with Crippen molar-refractivity contribution in [2.24, 2.45) is 11.8 Å². The van der Waals surface area contributed by atoms with Gasteiger partial charge in [0.25, 0.3) is 0 Å². The summed E-state index contributed by atoms with van der Waals surface area (Å²) in [6.07, 6.45) is 3.60. The van der Waals surface area contributed by atoms with Gasteiger partial charge in [-0.15, -0.1) is 0 Å². The molecule has 0 radical (unpaired) electrons. The van der Waals surface area contributed by atoms with Crippen LogP contribution >= 0.6 is 23.2 Å². The zero-order chi connectivity index (χ0) is 16.7. The van der Waals surface area contributed by atoms with Crippen LogP contribution in [0.1, 0.15) is 24.1 Å². The standard InChI is InChI=1S/C19H20Cl2N2O/c20-16-5-3-4-14(18(16)21)11-23-10-13-7-8-19(24,15(13)12-23)17-6-1-2-9-22-17/h1-6,9,13,15,24H,7-8,10-12H2/t13-,15+,19-/m0/s1. The van der Waals surface area contributed by atoms with E-state index >= 15 is 0 Å². The van der Waals surface area contributed by atoms with Crippen LogP contribution in [0.2, 0.25) is 10.0 Å². The van der Waals surface area contributed by atoms with E-state index in [0.29, 0.717) is 16.0 Å². The first kappa shape index (κ1) is 16.3. The molecule has 2 aromatic rings. The van der Waals surface area contributed by atoms with Crippen molar-refractivity contribution in [2.75, 3.05) is 13.1 Å². The van der Waals surface area contributed by atoms with Crippen molar-refractivity contribution in [1.82, 2.24) is 9.88 Å². The summed E-state index contributed by atoms with van der Waals surface area (Å²) >= 11 is 12.4. The number of hydrogen-bond acceptors (Lipinski definition) is 3. The van der Waals surface area contributed by atoms with Crippen LogP contribution in [0.5, 0.6) is 0 Å². The van der Waals surface area contributed by atoms with Crippen LogP contribution in [0, 0.1) is 11.8 Å². The number of halogens is 2. The molecular weight excluding hydrogens is 343 g/mol. The Hall–Kier alpha value is -1.13. The fourth-order valence-corrected chi connectivity index (χ4v) is 4.74. The molecule has 1 saturated carbocycles. The zero-order valence-electron chi connectivity index (χ0n) is 13.3. The molecular formula is C19H20Cl2N2O. The molecule has 1 aliphatic heterocycles. The number of likely N-dealkylation sites (tertiary alicyclic amines) is 1. The van der Waals surface area contributed by atoms with Crippen LogP contribution in [-0.2, 0) is 12.1 Å². The van der Waals surface area contributed by atoms with Gasteiger partial charge in [0.1, 0.15) is 5.60 Å². The van der Waals surface area contributed by atoms with E-state index in [1.807, 2.05) is 36.4 Å². The van der Waals surface area contributed by atoms with Crippen molar-refractivity contribution in [3.8, 4) is 0 Å². The number of aromatic nitrogens is 1. The summed E-state index contributed by atoms with van der Waals surface area (Å²) in [4.78, 5) is 6.80. The van der Waals surface area contributed by atoms with Gasteiger partial charge < -0.3 is 5.11 Å². The topological polar surface area (TPSA) is 36.4 Å². The largest absolute Gasteiger partial charge is 0.383 e. The van der Waals surface area contributed by atoms with Gasteiger partial charge in [0, 0.05) is 31.7 Å². The molecule has 0 bridgehead atoms. The molecule has 0 amide bonds. The molecule has 2 fully saturated rings. The molecule has 1 saturated heterocycles. The predicted molar refractivity (Wildman–Crippen MR) is 96.1 cm³/mol. The quantitative estimate of drug-likeness (QED) is 0.891. The molecule has 0 unspecified atom stereocenters. The summed E-state index contributed by atoms with van der Waals surface area (Å²) in [6.45, 7) is 2.62. The number of pyridine rings is 1. The monoisotopic (exact) mass is 362 g/mol. The average Bonchev–Trinajstić information content (AvgIpc) is 3.14. The first-order chi connectivity index (χ1) is 11.6. The molecule has 2 heterocycles. The zero-order valence-corrected chi connectivity index (χ0v) is 14.8. The Morgan fingerprint density at radius 3 is 2.83 bits per heavy atom. The summed E-state index contributed by atoms with van der Waals surface area (Å²) in [5.74, 6) is 0.736. The fourth-order valence-electron chi connectivity index (χ4n) is 4.36. The molecule has 5 heteroatoms. The highest BCUT2D eigenvalue weighted by Gasteiger charge is 2.52. The molecule has 24 heavy (non-hydrogen) atoms. The fraction of sp³-hybridized carbons (Fsp3) is 0.421. The molecule has 1 aliphatic carbocycles. The van der Waals surface area contributed by atoms with E-state index in [1.54, 1.807) is 6.20 Å². The summed E-state index contributed by atoms with van der Waals surface area (Å²) in [5.41, 5.74) is 1.05. The Labute approximate surface area is 152 Å². The molecule has 3 atom stereocenters. The lowest BCUT2D eigenvalue weighted by molar-refractivity contribution is -0.0108. The number of aliphatic hydroxyl groups is 1. The number of hydrogen-bond donors (Lipinski definition) is 1. The van der Waals surface area contributed by atoms with E-state index in [9.17, 15) is 5.11 Å². The van der Waals surface area contributed by atoms with Crippen LogP contribution < -0.4 is 0 Å². The highest BCUT2D eigenvalue weighted by Crippen LogP contribution is 2.50. The second kappa shape index (κ2) is 6.30. The lowest BCUT2D eigenvalue weighted by Gasteiger charge is -2.29. The second-order valence-electron chi connectivity index (χ2n) is 6.95. The van der Waals surface area contributed by atoms with Gasteiger partial charge in [-0.05, 0) is 42.5 Å². The van der Waals surface area contributed by atoms with Gasteiger partial charge in [0.05, 0.1) is 15.7 Å². The second-order valence-corrected chi connectivity index (χ2v) is 7.74. The Morgan fingerprint density at radius 2 is 2.04 bits per heavy atom. The van der Waals surface area contributed by atoms with E-state index in [-0.39, 0.29) is 5.92 Å². The highest BCUT2D eigenvalue weighted by atomic mass is 35.5. The molecule has 0 spiro atoms. The van der Waals surface area contributed by atoms with Crippen LogP contribution in [0.4, 0.5) is 0 Å². The first-order valence-electron chi connectivity index (χ1n) is 8.37. The molecule has 3 nitrogen and oxygen atoms in total. The van der Waals surface area contributed by atoms with Gasteiger partial charge in [-0.2, -0.15) is 0 Å². The van der Waals surface area contributed by atoms with E-state index in [0.717, 1.165) is 43.7 Å². The van der Waals surface area contributed by atoms with Crippen molar-refractivity contribution in [3.05, 3.63) is 63.9 Å². The molecule has 4 rings (SSSR count). The summed E-state index contributed by atoms with van der Waals surface area (Å²) in [6, 6.07) is 11.6. The summed E-state index contributed by atoms with van der Waals surface area (Å²) in [5, 5.41) is 12.5. The van der Waals surface area contributed by atoms with Crippen LogP contribution in [-0.4, -0.2) is 28.1 Å². The Kier molecular flexibility index (Phi) is 4.29. The third-order valence-electron chi connectivity index (χ3n) is 5.56. The lowest BCUT2D eigenvalue weighted by atomic mass is 9.85. The van der Waals surface area contributed by atoms with Crippen molar-refractivity contribution in [2.45, 2.75) is 25.0 Å². The van der Waals surface area contributed by atoms with E-state index < -0.39 is 5.60 Å². The van der Waals surface area contributed by atoms with Crippen LogP contribution in [0.15, 0.2) is 42.6 Å². The lowest BCUT2D eigenvalue weighted by Crippen LogP contribution is -2.35. The molecule has 126 valence electrons. The van der Waals surface area contributed by atoms with Gasteiger partial charge in [-0.1, -0.05) is 41.4 Å². The van der Waals surface area contributed by atoms with E-state index in [4.69, 9.17) is 23.2 Å². The average molecular weight is 363 g/mol. The SMILES string of the molecule is O[C@@]1(c2ccccn2)CC[C@H]2CN(Cc3cccc(Cl)c3Cl)C[C@H]21. The van der Waals surface area contributed by atoms with Gasteiger partial charge in [0.15, 0.2) is 0 Å². The highest BCUT2D eigenvalue weighted by molar-refractivity contribution is 6.42. The van der Waals surface area contributed by atoms with Crippen molar-refractivity contribution in [1.29, 1.82) is 0 Å². The summed E-state index contributed by atoms with van der Waals surface area (Å²) < 4.78 is 0. The van der Waals surface area contributed by atoms with Gasteiger partial charge in [0.2, 0.25) is 0 Å². The maximum absolute atomic E-state index is 11.3. The summed E-state index contributed by atoms with van der Waals surface area (Å²) in [7, 11) is 0. The third kappa shape index (κ3) is 2.74. The normalized spacial score (nSPS) is 29.8. The number of rotatable bonds is 3. The Morgan fingerprint density at radius 1 is 1.17 bits per heavy atom. The van der Waals surface area contributed by atoms with E-state index in [2.05, 4.69) is 9.88 Å². The van der Waals surface area contributed by atoms with Crippen LogP contribution in [0.3, 0.4) is 0 Å². The Balaban J connectivity index is 1.53. The molecule has 2 aliphatic rings. The van der Waals surface area contributed by atoms with Gasteiger partial charge in [-0.25, -0.2) is 0 Å². The predicted octanol–water partition coefficient (Wildman–Crippen LogP) is 4.12. The van der Waals surface area contributed by atoms with Crippen molar-refractivity contribution < 1.29 is 5.11 Å². The van der Waals surface area contributed by atoms with Crippen LogP contribution in [0.25, 0.3) is 0 Å².